The van der Waals surface area contributed by atoms with Crippen molar-refractivity contribution in [2.24, 2.45) is 5.73 Å². The molecule has 2 heterocycles. The lowest BCUT2D eigenvalue weighted by Gasteiger charge is -2.42. The quantitative estimate of drug-likeness (QED) is 0.891. The van der Waals surface area contributed by atoms with Gasteiger partial charge in [-0.05, 0) is 25.1 Å². The lowest BCUT2D eigenvalue weighted by molar-refractivity contribution is 0.604. The van der Waals surface area contributed by atoms with Crippen molar-refractivity contribution in [1.82, 2.24) is 10.2 Å². The van der Waals surface area contributed by atoms with Crippen LogP contribution in [0.1, 0.15) is 23.7 Å². The van der Waals surface area contributed by atoms with E-state index >= 15 is 0 Å². The van der Waals surface area contributed by atoms with E-state index in [1.165, 1.54) is 11.3 Å². The molecule has 1 unspecified atom stereocenters. The monoisotopic (exact) mass is 319 g/mol. The molecule has 1 atom stereocenters. The summed E-state index contributed by atoms with van der Waals surface area (Å²) < 4.78 is 0. The Bertz CT molecular complexity index is 813. The molecule has 0 bridgehead atoms. The van der Waals surface area contributed by atoms with Crippen LogP contribution in [-0.4, -0.2) is 16.9 Å². The summed E-state index contributed by atoms with van der Waals surface area (Å²) in [5.41, 5.74) is 11.1. The minimum atomic E-state index is -0.213. The van der Waals surface area contributed by atoms with Gasteiger partial charge in [-0.3, -0.25) is 5.10 Å². The number of aryl methyl sites for hydroxylation is 1. The van der Waals surface area contributed by atoms with Crippen LogP contribution >= 0.6 is 0 Å². The highest BCUT2D eigenvalue weighted by atomic mass is 15.4. The fourth-order valence-electron chi connectivity index (χ4n) is 3.18. The van der Waals surface area contributed by atoms with Crippen LogP contribution in [-0.2, 0) is 0 Å². The van der Waals surface area contributed by atoms with Crippen LogP contribution in [0.2, 0.25) is 0 Å². The molecule has 0 spiro atoms. The van der Waals surface area contributed by atoms with Crippen LogP contribution in [0.25, 0.3) is 0 Å². The second-order valence-corrected chi connectivity index (χ2v) is 6.17. The van der Waals surface area contributed by atoms with E-state index in [9.17, 15) is 0 Å². The number of anilines is 2. The summed E-state index contributed by atoms with van der Waals surface area (Å²) in [5.74, 6) is 0.987. The Labute approximate surface area is 141 Å². The topological polar surface area (TPSA) is 61.2 Å². The first-order valence-corrected chi connectivity index (χ1v) is 8.16. The first-order valence-electron chi connectivity index (χ1n) is 8.16. The summed E-state index contributed by atoms with van der Waals surface area (Å²) in [6.07, 6.45) is 13.0. The van der Waals surface area contributed by atoms with Gasteiger partial charge in [0.05, 0.1) is 18.4 Å². The van der Waals surface area contributed by atoms with Crippen LogP contribution in [0.3, 0.4) is 0 Å². The van der Waals surface area contributed by atoms with Gasteiger partial charge in [-0.1, -0.05) is 42.0 Å². The normalized spacial score (nSPS) is 19.9. The van der Waals surface area contributed by atoms with Crippen molar-refractivity contribution < 1.29 is 0 Å². The largest absolute Gasteiger partial charge is 0.334 e. The predicted octanol–water partition coefficient (Wildman–Crippen LogP) is 3.36. The molecule has 1 aliphatic heterocycles. The number of rotatable bonds is 2. The van der Waals surface area contributed by atoms with Gasteiger partial charge in [0.15, 0.2) is 0 Å². The number of hydrogen-bond donors (Lipinski definition) is 2. The molecule has 1 aromatic carbocycles. The fourth-order valence-corrected chi connectivity index (χ4v) is 3.18. The summed E-state index contributed by atoms with van der Waals surface area (Å²) in [4.78, 5) is 4.46. The van der Waals surface area contributed by atoms with Crippen LogP contribution < -0.4 is 15.5 Å². The van der Waals surface area contributed by atoms with Crippen molar-refractivity contribution in [1.29, 1.82) is 0 Å². The van der Waals surface area contributed by atoms with Crippen LogP contribution in [0.4, 0.5) is 11.5 Å². The van der Waals surface area contributed by atoms with E-state index in [-0.39, 0.29) is 6.17 Å². The maximum atomic E-state index is 6.52. The maximum Gasteiger partial charge on any atom is 0.136 e. The number of hydrogen-bond acceptors (Lipinski definition) is 4. The van der Waals surface area contributed by atoms with Gasteiger partial charge >= 0.3 is 0 Å². The molecular formula is C19H21N5. The third-order valence-electron chi connectivity index (χ3n) is 4.55. The van der Waals surface area contributed by atoms with Gasteiger partial charge in [0.1, 0.15) is 12.0 Å². The number of H-pyrrole nitrogens is 1. The van der Waals surface area contributed by atoms with Gasteiger partial charge in [0.2, 0.25) is 0 Å². The van der Waals surface area contributed by atoms with Gasteiger partial charge in [-0.2, -0.15) is 5.10 Å². The highest BCUT2D eigenvalue weighted by molar-refractivity contribution is 5.63. The molecule has 4 rings (SSSR count). The van der Waals surface area contributed by atoms with Crippen molar-refractivity contribution in [2.75, 3.05) is 16.5 Å². The number of nitrogens with two attached hydrogens (primary N) is 1. The van der Waals surface area contributed by atoms with Crippen molar-refractivity contribution >= 4 is 11.5 Å². The summed E-state index contributed by atoms with van der Waals surface area (Å²) in [6, 6.07) is 8.49. The number of aromatic amines is 1. The Morgan fingerprint density at radius 3 is 2.83 bits per heavy atom. The van der Waals surface area contributed by atoms with Crippen molar-refractivity contribution in [3.63, 3.8) is 0 Å². The molecule has 5 heteroatoms. The number of benzene rings is 1. The van der Waals surface area contributed by atoms with Crippen molar-refractivity contribution in [2.45, 2.75) is 19.5 Å². The molecule has 0 saturated heterocycles. The zero-order chi connectivity index (χ0) is 16.5. The van der Waals surface area contributed by atoms with Crippen molar-refractivity contribution in [3.8, 4) is 0 Å². The number of allylic oxidation sites excluding steroid dienone is 5. The lowest BCUT2D eigenvalue weighted by atomic mass is 10.1. The predicted molar refractivity (Wildman–Crippen MR) is 97.5 cm³/mol. The van der Waals surface area contributed by atoms with Gasteiger partial charge in [-0.15, -0.1) is 0 Å². The Morgan fingerprint density at radius 1 is 1.17 bits per heavy atom. The molecule has 1 aliphatic carbocycles. The summed E-state index contributed by atoms with van der Waals surface area (Å²) >= 11 is 0. The van der Waals surface area contributed by atoms with E-state index in [2.05, 4.69) is 75.5 Å². The number of fused-ring (bicyclic) bond motifs is 1. The number of aromatic nitrogens is 2. The van der Waals surface area contributed by atoms with Crippen LogP contribution in [0.15, 0.2) is 66.5 Å². The highest BCUT2D eigenvalue weighted by Crippen LogP contribution is 2.36. The molecule has 24 heavy (non-hydrogen) atoms. The summed E-state index contributed by atoms with van der Waals surface area (Å²) in [5, 5.41) is 7.35. The average Bonchev–Trinajstić information content (AvgIpc) is 2.93. The fraction of sp³-hybridized carbons (Fsp3) is 0.211. The van der Waals surface area contributed by atoms with E-state index in [0.29, 0.717) is 6.67 Å². The van der Waals surface area contributed by atoms with Gasteiger partial charge in [0.25, 0.3) is 0 Å². The molecule has 2 aromatic rings. The Kier molecular flexibility index (Phi) is 3.70. The molecular weight excluding hydrogens is 298 g/mol. The van der Waals surface area contributed by atoms with Gasteiger partial charge in [-0.25, -0.2) is 0 Å². The molecule has 0 amide bonds. The smallest absolute Gasteiger partial charge is 0.136 e. The number of nitrogens with one attached hydrogen (secondary N) is 1. The SMILES string of the molecule is Cc1ccc(N2CN(C3=CC=CC=CC3)c3[nH]ncc3C2N)cc1. The minimum Gasteiger partial charge on any atom is -0.334 e. The lowest BCUT2D eigenvalue weighted by Crippen LogP contribution is -2.47. The van der Waals surface area contributed by atoms with Crippen LogP contribution in [0.5, 0.6) is 0 Å². The van der Waals surface area contributed by atoms with E-state index in [1.807, 2.05) is 12.3 Å². The Morgan fingerprint density at radius 2 is 2.00 bits per heavy atom. The second kappa shape index (κ2) is 6.02. The molecule has 2 aliphatic rings. The maximum absolute atomic E-state index is 6.52. The van der Waals surface area contributed by atoms with Crippen molar-refractivity contribution in [3.05, 3.63) is 77.7 Å². The molecule has 5 nitrogen and oxygen atoms in total. The number of nitrogens with zero attached hydrogens (tertiary/aromatic N) is 3. The van der Waals surface area contributed by atoms with Gasteiger partial charge in [0, 0.05) is 17.8 Å². The summed E-state index contributed by atoms with van der Waals surface area (Å²) in [7, 11) is 0. The van der Waals surface area contributed by atoms with Crippen LogP contribution in [0, 0.1) is 6.92 Å². The summed E-state index contributed by atoms with van der Waals surface area (Å²) in [6.45, 7) is 2.78. The molecule has 1 aromatic heterocycles. The van der Waals surface area contributed by atoms with Gasteiger partial charge < -0.3 is 15.5 Å². The molecule has 0 saturated carbocycles. The minimum absolute atomic E-state index is 0.213. The highest BCUT2D eigenvalue weighted by Gasteiger charge is 2.32. The molecule has 0 fully saturated rings. The van der Waals surface area contributed by atoms with E-state index in [0.717, 1.165) is 23.5 Å². The zero-order valence-electron chi connectivity index (χ0n) is 13.7. The third-order valence-corrected chi connectivity index (χ3v) is 4.55. The Balaban J connectivity index is 1.74. The average molecular weight is 319 g/mol. The second-order valence-electron chi connectivity index (χ2n) is 6.17. The molecule has 0 radical (unpaired) electrons. The van der Waals surface area contributed by atoms with E-state index in [4.69, 9.17) is 5.73 Å². The molecule has 3 N–H and O–H groups in total. The first-order chi connectivity index (χ1) is 11.7. The van der Waals surface area contributed by atoms with E-state index in [1.54, 1.807) is 0 Å². The Hall–Kier alpha value is -2.79. The molecule has 122 valence electrons. The van der Waals surface area contributed by atoms with E-state index < -0.39 is 0 Å². The first kappa shape index (κ1) is 14.8. The standard InChI is InChI=1S/C19H21N5/c1-14-8-10-16(11-9-14)23-13-24(15-6-4-2-3-5-7-15)19-17(18(23)20)12-21-22-19/h2-6,8-12,18H,7,13,20H2,1H3,(H,21,22). The third kappa shape index (κ3) is 2.53. The zero-order valence-corrected chi connectivity index (χ0v) is 13.7.